The second-order valence-corrected chi connectivity index (χ2v) is 4.31. The topological polar surface area (TPSA) is 48.7 Å². The van der Waals surface area contributed by atoms with Gasteiger partial charge in [0.05, 0.1) is 28.5 Å². The molecule has 0 atom stereocenters. The molecule has 1 aromatic heterocycles. The van der Waals surface area contributed by atoms with Gasteiger partial charge >= 0.3 is 0 Å². The summed E-state index contributed by atoms with van der Waals surface area (Å²) >= 11 is 6.07. The van der Waals surface area contributed by atoms with Gasteiger partial charge in [-0.15, -0.1) is 0 Å². The molecule has 0 saturated heterocycles. The standard InChI is InChI=1S/C14H12ClN3/c1-10-4-2-6-12(18-10)9-17-14-11(8-16)5-3-7-13(14)15/h2-7,17H,9H2,1H3. The van der Waals surface area contributed by atoms with Gasteiger partial charge in [0.25, 0.3) is 0 Å². The Morgan fingerprint density at radius 2 is 2.06 bits per heavy atom. The van der Waals surface area contributed by atoms with E-state index in [-0.39, 0.29) is 0 Å². The molecule has 0 aliphatic carbocycles. The summed E-state index contributed by atoms with van der Waals surface area (Å²) in [6.07, 6.45) is 0. The molecule has 0 fully saturated rings. The highest BCUT2D eigenvalue weighted by atomic mass is 35.5. The van der Waals surface area contributed by atoms with Crippen molar-refractivity contribution in [1.29, 1.82) is 5.26 Å². The summed E-state index contributed by atoms with van der Waals surface area (Å²) < 4.78 is 0. The number of hydrogen-bond acceptors (Lipinski definition) is 3. The van der Waals surface area contributed by atoms with Gasteiger partial charge in [-0.3, -0.25) is 4.98 Å². The third-order valence-corrected chi connectivity index (χ3v) is 2.84. The van der Waals surface area contributed by atoms with Crippen LogP contribution in [0.5, 0.6) is 0 Å². The van der Waals surface area contributed by atoms with E-state index in [1.165, 1.54) is 0 Å². The van der Waals surface area contributed by atoms with Crippen molar-refractivity contribution in [1.82, 2.24) is 4.98 Å². The molecule has 18 heavy (non-hydrogen) atoms. The van der Waals surface area contributed by atoms with Crippen LogP contribution in [0.25, 0.3) is 0 Å². The number of benzene rings is 1. The van der Waals surface area contributed by atoms with Gasteiger partial charge in [0, 0.05) is 5.69 Å². The molecule has 0 radical (unpaired) electrons. The Kier molecular flexibility index (Phi) is 3.81. The summed E-state index contributed by atoms with van der Waals surface area (Å²) in [4.78, 5) is 4.38. The Balaban J connectivity index is 2.18. The molecule has 2 aromatic rings. The summed E-state index contributed by atoms with van der Waals surface area (Å²) in [6.45, 7) is 2.49. The SMILES string of the molecule is Cc1cccc(CNc2c(Cl)cccc2C#N)n1. The number of aromatic nitrogens is 1. The Morgan fingerprint density at radius 3 is 2.78 bits per heavy atom. The van der Waals surface area contributed by atoms with E-state index in [4.69, 9.17) is 16.9 Å². The Morgan fingerprint density at radius 1 is 1.28 bits per heavy atom. The summed E-state index contributed by atoms with van der Waals surface area (Å²) in [6, 6.07) is 13.2. The number of hydrogen-bond donors (Lipinski definition) is 1. The fourth-order valence-corrected chi connectivity index (χ4v) is 1.92. The number of halogens is 1. The van der Waals surface area contributed by atoms with Crippen molar-refractivity contribution in [3.63, 3.8) is 0 Å². The molecule has 90 valence electrons. The maximum absolute atomic E-state index is 9.02. The smallest absolute Gasteiger partial charge is 0.101 e. The Hall–Kier alpha value is -2.05. The van der Waals surface area contributed by atoms with Crippen molar-refractivity contribution in [2.75, 3.05) is 5.32 Å². The van der Waals surface area contributed by atoms with E-state index in [2.05, 4.69) is 16.4 Å². The molecular formula is C14H12ClN3. The van der Waals surface area contributed by atoms with Gasteiger partial charge in [-0.1, -0.05) is 23.7 Å². The molecule has 0 aliphatic rings. The van der Waals surface area contributed by atoms with Gasteiger partial charge < -0.3 is 5.32 Å². The molecule has 0 unspecified atom stereocenters. The minimum Gasteiger partial charge on any atom is -0.377 e. The van der Waals surface area contributed by atoms with Gasteiger partial charge in [-0.25, -0.2) is 0 Å². The lowest BCUT2D eigenvalue weighted by Crippen LogP contribution is -2.04. The highest BCUT2D eigenvalue weighted by molar-refractivity contribution is 6.33. The first-order valence-electron chi connectivity index (χ1n) is 5.55. The van der Waals surface area contributed by atoms with Crippen LogP contribution < -0.4 is 5.32 Å². The second kappa shape index (κ2) is 5.52. The first-order chi connectivity index (χ1) is 8.70. The van der Waals surface area contributed by atoms with Crippen LogP contribution in [0.4, 0.5) is 5.69 Å². The van der Waals surface area contributed by atoms with Crippen LogP contribution in [0.3, 0.4) is 0 Å². The zero-order valence-corrected chi connectivity index (χ0v) is 10.7. The van der Waals surface area contributed by atoms with Gasteiger partial charge in [0.1, 0.15) is 6.07 Å². The third-order valence-electron chi connectivity index (χ3n) is 2.53. The maximum atomic E-state index is 9.02. The van der Waals surface area contributed by atoms with Crippen molar-refractivity contribution in [3.05, 3.63) is 58.4 Å². The van der Waals surface area contributed by atoms with Crippen molar-refractivity contribution in [2.24, 2.45) is 0 Å². The minimum atomic E-state index is 0.537. The van der Waals surface area contributed by atoms with Gasteiger partial charge in [0.15, 0.2) is 0 Å². The number of para-hydroxylation sites is 1. The Labute approximate surface area is 111 Å². The molecule has 1 heterocycles. The summed E-state index contributed by atoms with van der Waals surface area (Å²) in [5.74, 6) is 0. The molecule has 1 N–H and O–H groups in total. The average Bonchev–Trinajstić information content (AvgIpc) is 2.37. The molecule has 0 saturated carbocycles. The first kappa shape index (κ1) is 12.4. The van der Waals surface area contributed by atoms with Crippen LogP contribution >= 0.6 is 11.6 Å². The molecule has 4 heteroatoms. The molecule has 0 bridgehead atoms. The molecule has 0 spiro atoms. The minimum absolute atomic E-state index is 0.537. The fraction of sp³-hybridized carbons (Fsp3) is 0.143. The lowest BCUT2D eigenvalue weighted by Gasteiger charge is -2.09. The van der Waals surface area contributed by atoms with Gasteiger partial charge in [-0.2, -0.15) is 5.26 Å². The largest absolute Gasteiger partial charge is 0.377 e. The number of aryl methyl sites for hydroxylation is 1. The average molecular weight is 258 g/mol. The number of pyridine rings is 1. The van der Waals surface area contributed by atoms with Crippen molar-refractivity contribution < 1.29 is 0 Å². The van der Waals surface area contributed by atoms with E-state index in [9.17, 15) is 0 Å². The lowest BCUT2D eigenvalue weighted by atomic mass is 10.2. The Bertz CT molecular complexity index is 602. The van der Waals surface area contributed by atoms with Crippen molar-refractivity contribution >= 4 is 17.3 Å². The third kappa shape index (κ3) is 2.79. The number of nitriles is 1. The molecule has 0 aliphatic heterocycles. The van der Waals surface area contributed by atoms with Crippen molar-refractivity contribution in [3.8, 4) is 6.07 Å². The molecule has 3 nitrogen and oxygen atoms in total. The van der Waals surface area contributed by atoms with Gasteiger partial charge in [-0.05, 0) is 31.2 Å². The molecule has 2 rings (SSSR count). The van der Waals surface area contributed by atoms with E-state index in [0.29, 0.717) is 22.8 Å². The van der Waals surface area contributed by atoms with E-state index < -0.39 is 0 Å². The quantitative estimate of drug-likeness (QED) is 0.915. The predicted molar refractivity (Wildman–Crippen MR) is 72.5 cm³/mol. The van der Waals surface area contributed by atoms with E-state index >= 15 is 0 Å². The number of nitrogens with zero attached hydrogens (tertiary/aromatic N) is 2. The van der Waals surface area contributed by atoms with Crippen LogP contribution in [0, 0.1) is 18.3 Å². The summed E-state index contributed by atoms with van der Waals surface area (Å²) in [5, 5.41) is 12.7. The molecule has 1 aromatic carbocycles. The molecular weight excluding hydrogens is 246 g/mol. The van der Waals surface area contributed by atoms with E-state index in [1.807, 2.05) is 25.1 Å². The van der Waals surface area contributed by atoms with Crippen LogP contribution in [-0.4, -0.2) is 4.98 Å². The second-order valence-electron chi connectivity index (χ2n) is 3.90. The van der Waals surface area contributed by atoms with Crippen LogP contribution in [0.1, 0.15) is 17.0 Å². The maximum Gasteiger partial charge on any atom is 0.101 e. The monoisotopic (exact) mass is 257 g/mol. The zero-order chi connectivity index (χ0) is 13.0. The van der Waals surface area contributed by atoms with Crippen LogP contribution in [0.15, 0.2) is 36.4 Å². The molecule has 0 amide bonds. The number of anilines is 1. The van der Waals surface area contributed by atoms with E-state index in [1.54, 1.807) is 18.2 Å². The zero-order valence-electron chi connectivity index (χ0n) is 9.94. The first-order valence-corrected chi connectivity index (χ1v) is 5.93. The highest BCUT2D eigenvalue weighted by Gasteiger charge is 2.06. The van der Waals surface area contributed by atoms with Crippen LogP contribution in [0.2, 0.25) is 5.02 Å². The lowest BCUT2D eigenvalue weighted by molar-refractivity contribution is 1.01. The summed E-state index contributed by atoms with van der Waals surface area (Å²) in [7, 11) is 0. The fourth-order valence-electron chi connectivity index (χ4n) is 1.67. The van der Waals surface area contributed by atoms with Crippen molar-refractivity contribution in [2.45, 2.75) is 13.5 Å². The van der Waals surface area contributed by atoms with E-state index in [0.717, 1.165) is 11.4 Å². The summed E-state index contributed by atoms with van der Waals surface area (Å²) in [5.41, 5.74) is 3.08. The normalized spacial score (nSPS) is 9.83. The highest BCUT2D eigenvalue weighted by Crippen LogP contribution is 2.25. The number of nitrogens with one attached hydrogen (secondary N) is 1. The van der Waals surface area contributed by atoms with Gasteiger partial charge in [0.2, 0.25) is 0 Å². The number of rotatable bonds is 3. The van der Waals surface area contributed by atoms with Crippen LogP contribution in [-0.2, 0) is 6.54 Å². The predicted octanol–water partition coefficient (Wildman–Crippen LogP) is 3.53.